The van der Waals surface area contributed by atoms with E-state index in [0.29, 0.717) is 24.5 Å². The van der Waals surface area contributed by atoms with Crippen molar-refractivity contribution in [3.63, 3.8) is 0 Å². The Morgan fingerprint density at radius 2 is 1.87 bits per heavy atom. The van der Waals surface area contributed by atoms with Gasteiger partial charge in [-0.05, 0) is 63.5 Å². The Kier molecular flexibility index (Phi) is 7.20. The molecule has 7 rings (SSSR count). The summed E-state index contributed by atoms with van der Waals surface area (Å²) in [6.45, 7) is 4.97. The fourth-order valence-corrected chi connectivity index (χ4v) is 9.02. The summed E-state index contributed by atoms with van der Waals surface area (Å²) in [7, 11) is 0. The molecule has 3 saturated carbocycles. The summed E-state index contributed by atoms with van der Waals surface area (Å²) in [5.41, 5.74) is -0.220. The van der Waals surface area contributed by atoms with Crippen LogP contribution in [0.4, 0.5) is 4.39 Å². The van der Waals surface area contributed by atoms with E-state index in [1.54, 1.807) is 6.20 Å². The number of carbonyl (C=O) groups is 2. The number of fused-ring (bicyclic) bond motifs is 5. The van der Waals surface area contributed by atoms with Crippen LogP contribution in [0.5, 0.6) is 0 Å². The SMILES string of the molecule is O=C(O)C1=CN2C3CC4OC5CCCCC5C4CC3OC3C(NCCCN4CCOCC4)C(F)CC(C1=O)C32. The molecule has 9 nitrogen and oxygen atoms in total. The van der Waals surface area contributed by atoms with E-state index in [4.69, 9.17) is 14.2 Å². The molecule has 0 spiro atoms. The molecule has 0 aromatic rings. The van der Waals surface area contributed by atoms with Gasteiger partial charge < -0.3 is 29.5 Å². The summed E-state index contributed by atoms with van der Waals surface area (Å²) in [6.07, 6.45) is 7.43. The summed E-state index contributed by atoms with van der Waals surface area (Å²) < 4.78 is 34.7. The number of hydrogen-bond donors (Lipinski definition) is 2. The van der Waals surface area contributed by atoms with E-state index < -0.39 is 36.0 Å². The maximum atomic E-state index is 15.8. The van der Waals surface area contributed by atoms with Crippen LogP contribution >= 0.6 is 0 Å². The fourth-order valence-electron chi connectivity index (χ4n) is 9.02. The van der Waals surface area contributed by atoms with Gasteiger partial charge in [-0.2, -0.15) is 0 Å². The molecule has 0 radical (unpaired) electrons. The van der Waals surface area contributed by atoms with Crippen molar-refractivity contribution in [2.45, 2.75) is 100 Å². The molecule has 3 saturated heterocycles. The molecule has 10 heteroatoms. The van der Waals surface area contributed by atoms with Gasteiger partial charge in [0.1, 0.15) is 11.7 Å². The van der Waals surface area contributed by atoms with Crippen molar-refractivity contribution < 1.29 is 33.3 Å². The molecule has 0 amide bonds. The molecule has 0 bridgehead atoms. The molecular weight excluding hydrogens is 505 g/mol. The predicted octanol–water partition coefficient (Wildman–Crippen LogP) is 1.75. The Balaban J connectivity index is 1.12. The van der Waals surface area contributed by atoms with Gasteiger partial charge in [-0.3, -0.25) is 9.69 Å². The van der Waals surface area contributed by atoms with E-state index in [1.807, 2.05) is 0 Å². The number of nitrogens with zero attached hydrogens (tertiary/aromatic N) is 2. The summed E-state index contributed by atoms with van der Waals surface area (Å²) in [5.74, 6) is -1.41. The second kappa shape index (κ2) is 10.7. The molecule has 4 aliphatic heterocycles. The van der Waals surface area contributed by atoms with Gasteiger partial charge >= 0.3 is 5.97 Å². The Labute approximate surface area is 229 Å². The van der Waals surface area contributed by atoms with Crippen molar-refractivity contribution in [1.82, 2.24) is 15.1 Å². The number of ether oxygens (including phenoxy) is 3. The second-order valence-corrected chi connectivity index (χ2v) is 12.8. The lowest BCUT2D eigenvalue weighted by atomic mass is 9.67. The molecule has 7 aliphatic rings. The highest BCUT2D eigenvalue weighted by Gasteiger charge is 2.61. The van der Waals surface area contributed by atoms with Crippen LogP contribution in [0, 0.1) is 17.8 Å². The predicted molar refractivity (Wildman–Crippen MR) is 139 cm³/mol. The fraction of sp³-hybridized carbons (Fsp3) is 0.862. The third-order valence-corrected chi connectivity index (χ3v) is 10.8. The average Bonchev–Trinajstić information content (AvgIpc) is 3.30. The number of nitrogens with one attached hydrogen (secondary N) is 1. The number of aliphatic carboxylic acids is 1. The number of rotatable bonds is 6. The molecule has 3 aliphatic carbocycles. The van der Waals surface area contributed by atoms with Crippen LogP contribution in [0.3, 0.4) is 0 Å². The van der Waals surface area contributed by atoms with Crippen molar-refractivity contribution in [2.24, 2.45) is 17.8 Å². The minimum atomic E-state index is -1.27. The van der Waals surface area contributed by atoms with Crippen LogP contribution in [0.15, 0.2) is 11.8 Å². The van der Waals surface area contributed by atoms with Gasteiger partial charge in [0.15, 0.2) is 5.78 Å². The summed E-state index contributed by atoms with van der Waals surface area (Å²) in [4.78, 5) is 29.8. The number of carboxylic acid groups (broad SMARTS) is 1. The number of Topliss-reactive ketones (excluding diaryl/α,β-unsaturated/α-hetero) is 1. The van der Waals surface area contributed by atoms with Crippen molar-refractivity contribution in [2.75, 3.05) is 39.4 Å². The molecule has 0 aromatic heterocycles. The van der Waals surface area contributed by atoms with E-state index in [-0.39, 0.29) is 36.3 Å². The minimum absolute atomic E-state index is 0.0235. The first-order valence-electron chi connectivity index (χ1n) is 15.2. The standard InChI is InChI=1S/C29H42FN3O6/c30-20-12-18-26-28(25(20)31-6-3-7-32-8-10-37-11-9-32)39-24-13-17-16-4-1-2-5-22(16)38-23(17)14-21(24)33(26)15-19(27(18)34)29(35)36/h15-18,20-26,28,31H,1-14H2,(H,35,36). The number of carboxylic acids is 1. The number of carbonyl (C=O) groups excluding carboxylic acids is 1. The number of morpholine rings is 2. The van der Waals surface area contributed by atoms with Crippen LogP contribution in [0.1, 0.15) is 51.4 Å². The Morgan fingerprint density at radius 1 is 1.05 bits per heavy atom. The average molecular weight is 548 g/mol. The monoisotopic (exact) mass is 547 g/mol. The summed E-state index contributed by atoms with van der Waals surface area (Å²) in [6, 6.07) is -0.937. The van der Waals surface area contributed by atoms with Gasteiger partial charge in [-0.1, -0.05) is 12.8 Å². The third kappa shape index (κ3) is 4.64. The van der Waals surface area contributed by atoms with E-state index >= 15 is 4.39 Å². The first kappa shape index (κ1) is 26.3. The van der Waals surface area contributed by atoms with Gasteiger partial charge in [-0.25, -0.2) is 9.18 Å². The number of ketones is 1. The van der Waals surface area contributed by atoms with E-state index in [9.17, 15) is 14.7 Å². The Morgan fingerprint density at radius 3 is 2.69 bits per heavy atom. The lowest BCUT2D eigenvalue weighted by Crippen LogP contribution is -2.73. The molecule has 0 aromatic carbocycles. The molecule has 216 valence electrons. The van der Waals surface area contributed by atoms with Crippen LogP contribution < -0.4 is 5.32 Å². The zero-order valence-corrected chi connectivity index (χ0v) is 22.6. The third-order valence-electron chi connectivity index (χ3n) is 10.8. The Bertz CT molecular complexity index is 990. The largest absolute Gasteiger partial charge is 0.478 e. The van der Waals surface area contributed by atoms with Crippen LogP contribution in [-0.2, 0) is 23.8 Å². The highest BCUT2D eigenvalue weighted by Crippen LogP contribution is 2.52. The zero-order chi connectivity index (χ0) is 26.7. The normalized spacial score (nSPS) is 45.6. The first-order valence-corrected chi connectivity index (χ1v) is 15.2. The van der Waals surface area contributed by atoms with Gasteiger partial charge in [0.05, 0.1) is 55.8 Å². The molecule has 11 atom stereocenters. The smallest absolute Gasteiger partial charge is 0.340 e. The zero-order valence-electron chi connectivity index (χ0n) is 22.6. The number of hydrogen-bond acceptors (Lipinski definition) is 8. The molecule has 6 fully saturated rings. The summed E-state index contributed by atoms with van der Waals surface area (Å²) in [5, 5.41) is 13.3. The van der Waals surface area contributed by atoms with Crippen LogP contribution in [0.2, 0.25) is 0 Å². The van der Waals surface area contributed by atoms with E-state index in [1.165, 1.54) is 19.3 Å². The maximum absolute atomic E-state index is 15.8. The molecule has 2 N–H and O–H groups in total. The van der Waals surface area contributed by atoms with Crippen molar-refractivity contribution in [3.05, 3.63) is 11.8 Å². The second-order valence-electron chi connectivity index (χ2n) is 12.8. The van der Waals surface area contributed by atoms with E-state index in [0.717, 1.165) is 58.5 Å². The lowest BCUT2D eigenvalue weighted by molar-refractivity contribution is -0.209. The van der Waals surface area contributed by atoms with Crippen molar-refractivity contribution in [1.29, 1.82) is 0 Å². The topological polar surface area (TPSA) is 101 Å². The van der Waals surface area contributed by atoms with Crippen LogP contribution in [0.25, 0.3) is 0 Å². The molecule has 11 unspecified atom stereocenters. The van der Waals surface area contributed by atoms with Crippen LogP contribution in [-0.4, -0.2) is 115 Å². The van der Waals surface area contributed by atoms with Crippen molar-refractivity contribution in [3.8, 4) is 0 Å². The highest BCUT2D eigenvalue weighted by molar-refractivity contribution is 6.18. The quantitative estimate of drug-likeness (QED) is 0.381. The van der Waals surface area contributed by atoms with Crippen molar-refractivity contribution >= 4 is 11.8 Å². The Hall–Kier alpha value is -1.59. The highest BCUT2D eigenvalue weighted by atomic mass is 19.1. The molecule has 39 heavy (non-hydrogen) atoms. The minimum Gasteiger partial charge on any atom is -0.478 e. The van der Waals surface area contributed by atoms with Gasteiger partial charge in [-0.15, -0.1) is 0 Å². The van der Waals surface area contributed by atoms with Gasteiger partial charge in [0, 0.05) is 25.2 Å². The van der Waals surface area contributed by atoms with Gasteiger partial charge in [0.25, 0.3) is 0 Å². The molecule has 4 heterocycles. The van der Waals surface area contributed by atoms with Gasteiger partial charge in [0.2, 0.25) is 0 Å². The maximum Gasteiger partial charge on any atom is 0.340 e. The lowest BCUT2D eigenvalue weighted by Gasteiger charge is -2.60. The number of alkyl halides is 1. The summed E-state index contributed by atoms with van der Waals surface area (Å²) >= 11 is 0. The number of halogens is 1. The van der Waals surface area contributed by atoms with E-state index in [2.05, 4.69) is 15.1 Å². The molecular formula is C29H42FN3O6. The first-order chi connectivity index (χ1) is 19.0.